The zero-order valence-electron chi connectivity index (χ0n) is 12.7. The molecule has 1 unspecified atom stereocenters. The molecule has 0 amide bonds. The quantitative estimate of drug-likeness (QED) is 0.799. The van der Waals surface area contributed by atoms with Crippen molar-refractivity contribution in [1.29, 1.82) is 0 Å². The van der Waals surface area contributed by atoms with Gasteiger partial charge in [0, 0.05) is 26.0 Å². The number of aliphatic hydroxyl groups is 1. The number of aliphatic hydroxyl groups excluding tert-OH is 1. The molecule has 0 saturated heterocycles. The van der Waals surface area contributed by atoms with Crippen LogP contribution in [0.5, 0.6) is 5.75 Å². The first kappa shape index (κ1) is 18.5. The molecule has 0 aliphatic heterocycles. The van der Waals surface area contributed by atoms with E-state index in [4.69, 9.17) is 4.74 Å². The molecule has 0 spiro atoms. The van der Waals surface area contributed by atoms with Crippen molar-refractivity contribution in [3.05, 3.63) is 46.7 Å². The molecule has 24 heavy (non-hydrogen) atoms. The van der Waals surface area contributed by atoms with Gasteiger partial charge in [0.25, 0.3) is 0 Å². The molecule has 5 nitrogen and oxygen atoms in total. The van der Waals surface area contributed by atoms with Gasteiger partial charge in [0.1, 0.15) is 18.5 Å². The Morgan fingerprint density at radius 1 is 1.25 bits per heavy atom. The van der Waals surface area contributed by atoms with E-state index in [0.29, 0.717) is 10.4 Å². The minimum Gasteiger partial charge on any atom is -0.490 e. The first-order valence-corrected chi connectivity index (χ1v) is 7.72. The van der Waals surface area contributed by atoms with E-state index >= 15 is 0 Å². The molecule has 0 saturated carbocycles. The second-order valence-electron chi connectivity index (χ2n) is 5.04. The summed E-state index contributed by atoms with van der Waals surface area (Å²) in [5.41, 5.74) is -0.873. The zero-order valence-corrected chi connectivity index (χ0v) is 14.3. The summed E-state index contributed by atoms with van der Waals surface area (Å²) >= 11 is 3.21. The van der Waals surface area contributed by atoms with E-state index in [1.165, 1.54) is 18.2 Å². The Balaban J connectivity index is 1.94. The number of alkyl halides is 3. The predicted octanol–water partition coefficient (Wildman–Crippen LogP) is 3.13. The summed E-state index contributed by atoms with van der Waals surface area (Å²) in [7, 11) is 1.66. The maximum Gasteiger partial charge on any atom is 0.419 e. The molecule has 1 heterocycles. The van der Waals surface area contributed by atoms with Gasteiger partial charge in [-0.05, 0) is 28.1 Å². The lowest BCUT2D eigenvalue weighted by molar-refractivity contribution is -0.139. The lowest BCUT2D eigenvalue weighted by Gasteiger charge is -2.21. The van der Waals surface area contributed by atoms with Crippen molar-refractivity contribution in [2.75, 3.05) is 25.1 Å². The fourth-order valence-electron chi connectivity index (χ4n) is 1.97. The van der Waals surface area contributed by atoms with E-state index in [-0.39, 0.29) is 18.9 Å². The summed E-state index contributed by atoms with van der Waals surface area (Å²) in [6, 6.07) is 4.88. The van der Waals surface area contributed by atoms with Crippen molar-refractivity contribution in [2.24, 2.45) is 0 Å². The largest absolute Gasteiger partial charge is 0.490 e. The van der Waals surface area contributed by atoms with Crippen LogP contribution in [0.25, 0.3) is 0 Å². The Bertz CT molecular complexity index is 668. The van der Waals surface area contributed by atoms with E-state index in [1.54, 1.807) is 24.3 Å². The number of aromatic nitrogens is 2. The van der Waals surface area contributed by atoms with Crippen molar-refractivity contribution >= 4 is 21.9 Å². The third kappa shape index (κ3) is 5.07. The summed E-state index contributed by atoms with van der Waals surface area (Å²) < 4.78 is 44.4. The lowest BCUT2D eigenvalue weighted by Crippen LogP contribution is -2.34. The predicted molar refractivity (Wildman–Crippen MR) is 85.9 cm³/mol. The smallest absolute Gasteiger partial charge is 0.419 e. The molecule has 0 fully saturated rings. The molecule has 0 radical (unpaired) electrons. The fraction of sp³-hybridized carbons (Fsp3) is 0.333. The van der Waals surface area contributed by atoms with Gasteiger partial charge in [-0.1, -0.05) is 12.1 Å². The summed E-state index contributed by atoms with van der Waals surface area (Å²) in [6.07, 6.45) is -2.41. The van der Waals surface area contributed by atoms with E-state index < -0.39 is 17.8 Å². The van der Waals surface area contributed by atoms with E-state index in [1.807, 2.05) is 0 Å². The number of ether oxygens (including phenoxy) is 1. The van der Waals surface area contributed by atoms with Gasteiger partial charge >= 0.3 is 6.18 Å². The van der Waals surface area contributed by atoms with Gasteiger partial charge < -0.3 is 14.7 Å². The SMILES string of the molecule is CN(CC(O)COc1ccccc1C(F)(F)F)c1ncc(Br)cn1. The highest BCUT2D eigenvalue weighted by Gasteiger charge is 2.34. The minimum absolute atomic E-state index is 0.107. The highest BCUT2D eigenvalue weighted by molar-refractivity contribution is 9.10. The molecular formula is C15H15BrF3N3O2. The Hall–Kier alpha value is -1.87. The second kappa shape index (κ2) is 7.80. The molecule has 1 aromatic carbocycles. The second-order valence-corrected chi connectivity index (χ2v) is 5.96. The zero-order chi connectivity index (χ0) is 17.7. The summed E-state index contributed by atoms with van der Waals surface area (Å²) in [6.45, 7) is -0.177. The van der Waals surface area contributed by atoms with Crippen LogP contribution in [0.3, 0.4) is 0 Å². The molecule has 130 valence electrons. The Kier molecular flexibility index (Phi) is 6.00. The lowest BCUT2D eigenvalue weighted by atomic mass is 10.2. The minimum atomic E-state index is -4.51. The average molecular weight is 406 g/mol. The third-order valence-electron chi connectivity index (χ3n) is 3.06. The number of para-hydroxylation sites is 1. The number of hydrogen-bond donors (Lipinski definition) is 1. The molecule has 0 aliphatic carbocycles. The highest BCUT2D eigenvalue weighted by Crippen LogP contribution is 2.35. The number of anilines is 1. The van der Waals surface area contributed by atoms with Crippen molar-refractivity contribution in [2.45, 2.75) is 12.3 Å². The van der Waals surface area contributed by atoms with Crippen molar-refractivity contribution in [3.63, 3.8) is 0 Å². The van der Waals surface area contributed by atoms with Gasteiger partial charge in [0.2, 0.25) is 5.95 Å². The summed E-state index contributed by atoms with van der Waals surface area (Å²) in [4.78, 5) is 9.71. The fourth-order valence-corrected chi connectivity index (χ4v) is 2.17. The summed E-state index contributed by atoms with van der Waals surface area (Å²) in [5.74, 6) is 0.0690. The van der Waals surface area contributed by atoms with Crippen LogP contribution in [0.1, 0.15) is 5.56 Å². The molecule has 9 heteroatoms. The molecule has 0 aliphatic rings. The van der Waals surface area contributed by atoms with Crippen LogP contribution in [-0.2, 0) is 6.18 Å². The number of nitrogens with zero attached hydrogens (tertiary/aromatic N) is 3. The van der Waals surface area contributed by atoms with Crippen molar-refractivity contribution in [3.8, 4) is 5.75 Å². The van der Waals surface area contributed by atoms with Crippen LogP contribution in [0.2, 0.25) is 0 Å². The van der Waals surface area contributed by atoms with Crippen LogP contribution in [0.15, 0.2) is 41.1 Å². The van der Waals surface area contributed by atoms with Gasteiger partial charge in [0.05, 0.1) is 10.0 Å². The number of likely N-dealkylation sites (N-methyl/N-ethyl adjacent to an activating group) is 1. The Morgan fingerprint density at radius 2 is 1.88 bits per heavy atom. The van der Waals surface area contributed by atoms with Gasteiger partial charge in [-0.3, -0.25) is 0 Å². The first-order chi connectivity index (χ1) is 11.3. The van der Waals surface area contributed by atoms with Crippen LogP contribution >= 0.6 is 15.9 Å². The van der Waals surface area contributed by atoms with Gasteiger partial charge in [0.15, 0.2) is 0 Å². The van der Waals surface area contributed by atoms with E-state index in [0.717, 1.165) is 6.07 Å². The molecule has 2 aromatic rings. The van der Waals surface area contributed by atoms with Crippen molar-refractivity contribution < 1.29 is 23.0 Å². The number of halogens is 4. The number of hydrogen-bond acceptors (Lipinski definition) is 5. The monoisotopic (exact) mass is 405 g/mol. The Morgan fingerprint density at radius 3 is 2.50 bits per heavy atom. The van der Waals surface area contributed by atoms with Gasteiger partial charge in [-0.15, -0.1) is 0 Å². The first-order valence-electron chi connectivity index (χ1n) is 6.93. The maximum atomic E-state index is 12.9. The third-order valence-corrected chi connectivity index (χ3v) is 3.47. The van der Waals surface area contributed by atoms with E-state index in [2.05, 4.69) is 25.9 Å². The Labute approximate surface area is 145 Å². The normalized spacial score (nSPS) is 12.8. The van der Waals surface area contributed by atoms with Crippen molar-refractivity contribution in [1.82, 2.24) is 9.97 Å². The molecule has 1 N–H and O–H groups in total. The maximum absolute atomic E-state index is 12.9. The molecule has 0 bridgehead atoms. The van der Waals surface area contributed by atoms with Crippen LogP contribution < -0.4 is 9.64 Å². The van der Waals surface area contributed by atoms with Gasteiger partial charge in [-0.25, -0.2) is 9.97 Å². The molecule has 1 aromatic heterocycles. The average Bonchev–Trinajstić information content (AvgIpc) is 2.53. The molecular weight excluding hydrogens is 391 g/mol. The number of rotatable bonds is 6. The van der Waals surface area contributed by atoms with Gasteiger partial charge in [-0.2, -0.15) is 13.2 Å². The van der Waals surface area contributed by atoms with Crippen LogP contribution in [-0.4, -0.2) is 41.4 Å². The standard InChI is InChI=1S/C15H15BrF3N3O2/c1-22(14-20-6-10(16)7-21-14)8-11(23)9-24-13-5-3-2-4-12(13)15(17,18)19/h2-7,11,23H,8-9H2,1H3. The molecule has 2 rings (SSSR count). The summed E-state index contributed by atoms with van der Waals surface area (Å²) in [5, 5.41) is 9.98. The number of benzene rings is 1. The van der Waals surface area contributed by atoms with Crippen LogP contribution in [0, 0.1) is 0 Å². The van der Waals surface area contributed by atoms with E-state index in [9.17, 15) is 18.3 Å². The van der Waals surface area contributed by atoms with Crippen LogP contribution in [0.4, 0.5) is 19.1 Å². The highest BCUT2D eigenvalue weighted by atomic mass is 79.9. The topological polar surface area (TPSA) is 58.5 Å². The molecule has 1 atom stereocenters.